The van der Waals surface area contributed by atoms with Crippen molar-refractivity contribution in [2.45, 2.75) is 32.8 Å². The number of benzene rings is 2. The number of hydrogen-bond acceptors (Lipinski definition) is 2. The molecule has 0 aliphatic carbocycles. The highest BCUT2D eigenvalue weighted by Crippen LogP contribution is 2.29. The number of halogens is 1. The summed E-state index contributed by atoms with van der Waals surface area (Å²) in [6, 6.07) is 13.3. The molecule has 3 heteroatoms. The topological polar surface area (TPSA) is 29.5 Å². The standard InChI is InChI=1S/C17H19ClO2/c1-3-12(2)13-5-8-16(9-6-13)20-17-10-15(18)7-4-14(17)11-19/h4-10,12,19H,3,11H2,1-2H3. The Kier molecular flexibility index (Phi) is 5.05. The van der Waals surface area contributed by atoms with E-state index >= 15 is 0 Å². The molecule has 0 saturated heterocycles. The van der Waals surface area contributed by atoms with Crippen molar-refractivity contribution in [2.24, 2.45) is 0 Å². The SMILES string of the molecule is CCC(C)c1ccc(Oc2cc(Cl)ccc2CO)cc1. The minimum absolute atomic E-state index is 0.0720. The molecule has 0 fully saturated rings. The van der Waals surface area contributed by atoms with Crippen LogP contribution < -0.4 is 4.74 Å². The fourth-order valence-corrected chi connectivity index (χ4v) is 2.14. The summed E-state index contributed by atoms with van der Waals surface area (Å²) in [7, 11) is 0. The highest BCUT2D eigenvalue weighted by Gasteiger charge is 2.07. The number of aliphatic hydroxyl groups is 1. The summed E-state index contributed by atoms with van der Waals surface area (Å²) in [6.07, 6.45) is 1.11. The van der Waals surface area contributed by atoms with Gasteiger partial charge in [0.2, 0.25) is 0 Å². The van der Waals surface area contributed by atoms with Crippen molar-refractivity contribution < 1.29 is 9.84 Å². The van der Waals surface area contributed by atoms with Crippen LogP contribution in [0, 0.1) is 0 Å². The molecule has 0 saturated carbocycles. The van der Waals surface area contributed by atoms with Crippen LogP contribution in [0.2, 0.25) is 5.02 Å². The van der Waals surface area contributed by atoms with Crippen molar-refractivity contribution in [3.05, 3.63) is 58.6 Å². The third-order valence-corrected chi connectivity index (χ3v) is 3.72. The highest BCUT2D eigenvalue weighted by molar-refractivity contribution is 6.30. The van der Waals surface area contributed by atoms with Gasteiger partial charge in [0.1, 0.15) is 11.5 Å². The molecule has 0 radical (unpaired) electrons. The Hall–Kier alpha value is -1.51. The second-order valence-electron chi connectivity index (χ2n) is 4.89. The lowest BCUT2D eigenvalue weighted by molar-refractivity contribution is 0.276. The minimum Gasteiger partial charge on any atom is -0.457 e. The molecule has 1 N–H and O–H groups in total. The van der Waals surface area contributed by atoms with E-state index in [-0.39, 0.29) is 6.61 Å². The Bertz CT molecular complexity index is 564. The van der Waals surface area contributed by atoms with Crippen molar-refractivity contribution in [3.8, 4) is 11.5 Å². The Morgan fingerprint density at radius 3 is 2.45 bits per heavy atom. The van der Waals surface area contributed by atoms with Crippen LogP contribution >= 0.6 is 11.6 Å². The first kappa shape index (κ1) is 14.9. The third-order valence-electron chi connectivity index (χ3n) is 3.49. The van der Waals surface area contributed by atoms with Gasteiger partial charge >= 0.3 is 0 Å². The number of aliphatic hydroxyl groups excluding tert-OH is 1. The second kappa shape index (κ2) is 6.78. The van der Waals surface area contributed by atoms with Crippen molar-refractivity contribution in [3.63, 3.8) is 0 Å². The zero-order chi connectivity index (χ0) is 14.5. The van der Waals surface area contributed by atoms with Crippen LogP contribution in [0.1, 0.15) is 37.3 Å². The average molecular weight is 291 g/mol. The number of ether oxygens (including phenoxy) is 1. The normalized spacial score (nSPS) is 12.2. The molecule has 1 unspecified atom stereocenters. The maximum absolute atomic E-state index is 9.31. The van der Waals surface area contributed by atoms with Crippen molar-refractivity contribution >= 4 is 11.6 Å². The van der Waals surface area contributed by atoms with Crippen LogP contribution in [0.3, 0.4) is 0 Å². The van der Waals surface area contributed by atoms with E-state index in [1.807, 2.05) is 12.1 Å². The van der Waals surface area contributed by atoms with Crippen LogP contribution in [-0.2, 0) is 6.61 Å². The fourth-order valence-electron chi connectivity index (χ4n) is 1.98. The predicted molar refractivity (Wildman–Crippen MR) is 82.6 cm³/mol. The molecule has 20 heavy (non-hydrogen) atoms. The molecule has 0 spiro atoms. The Morgan fingerprint density at radius 1 is 1.15 bits per heavy atom. The summed E-state index contributed by atoms with van der Waals surface area (Å²) in [5, 5.41) is 9.90. The maximum atomic E-state index is 9.31. The lowest BCUT2D eigenvalue weighted by Crippen LogP contribution is -1.93. The molecule has 0 aliphatic heterocycles. The van der Waals surface area contributed by atoms with E-state index in [2.05, 4.69) is 26.0 Å². The molecule has 106 valence electrons. The summed E-state index contributed by atoms with van der Waals surface area (Å²) in [5.74, 6) is 1.88. The molecule has 0 heterocycles. The van der Waals surface area contributed by atoms with Gasteiger partial charge in [-0.05, 0) is 42.2 Å². The van der Waals surface area contributed by atoms with Crippen LogP contribution in [0.5, 0.6) is 11.5 Å². The largest absolute Gasteiger partial charge is 0.457 e. The zero-order valence-electron chi connectivity index (χ0n) is 11.8. The van der Waals surface area contributed by atoms with E-state index in [0.717, 1.165) is 17.7 Å². The van der Waals surface area contributed by atoms with Gasteiger partial charge in [-0.15, -0.1) is 0 Å². The molecule has 2 nitrogen and oxygen atoms in total. The van der Waals surface area contributed by atoms with Crippen LogP contribution in [0.15, 0.2) is 42.5 Å². The van der Waals surface area contributed by atoms with Gasteiger partial charge in [-0.1, -0.05) is 43.6 Å². The van der Waals surface area contributed by atoms with Crippen molar-refractivity contribution in [1.29, 1.82) is 0 Å². The van der Waals surface area contributed by atoms with Gasteiger partial charge in [0.25, 0.3) is 0 Å². The van der Waals surface area contributed by atoms with Gasteiger partial charge in [-0.3, -0.25) is 0 Å². The highest BCUT2D eigenvalue weighted by atomic mass is 35.5. The van der Waals surface area contributed by atoms with Gasteiger partial charge in [-0.2, -0.15) is 0 Å². The third kappa shape index (κ3) is 3.53. The number of rotatable bonds is 5. The molecule has 0 aromatic heterocycles. The average Bonchev–Trinajstić information content (AvgIpc) is 2.47. The van der Waals surface area contributed by atoms with E-state index in [4.69, 9.17) is 16.3 Å². The van der Waals surface area contributed by atoms with Crippen LogP contribution in [0.4, 0.5) is 0 Å². The van der Waals surface area contributed by atoms with E-state index in [0.29, 0.717) is 16.7 Å². The predicted octanol–water partition coefficient (Wildman–Crippen LogP) is 5.14. The molecular weight excluding hydrogens is 272 g/mol. The lowest BCUT2D eigenvalue weighted by atomic mass is 9.99. The number of hydrogen-bond donors (Lipinski definition) is 1. The summed E-state index contributed by atoms with van der Waals surface area (Å²) >= 11 is 5.96. The quantitative estimate of drug-likeness (QED) is 0.826. The second-order valence-corrected chi connectivity index (χ2v) is 5.33. The smallest absolute Gasteiger partial charge is 0.134 e. The first-order valence-electron chi connectivity index (χ1n) is 6.81. The first-order valence-corrected chi connectivity index (χ1v) is 7.19. The van der Waals surface area contributed by atoms with Gasteiger partial charge in [0.05, 0.1) is 6.61 Å². The summed E-state index contributed by atoms with van der Waals surface area (Å²) in [6.45, 7) is 4.31. The Morgan fingerprint density at radius 2 is 1.85 bits per heavy atom. The zero-order valence-corrected chi connectivity index (χ0v) is 12.5. The van der Waals surface area contributed by atoms with E-state index < -0.39 is 0 Å². The minimum atomic E-state index is -0.0720. The molecule has 0 aliphatic rings. The lowest BCUT2D eigenvalue weighted by Gasteiger charge is -2.12. The van der Waals surface area contributed by atoms with Crippen LogP contribution in [0.25, 0.3) is 0 Å². The van der Waals surface area contributed by atoms with Crippen LogP contribution in [-0.4, -0.2) is 5.11 Å². The maximum Gasteiger partial charge on any atom is 0.134 e. The molecule has 2 aromatic carbocycles. The van der Waals surface area contributed by atoms with E-state index in [9.17, 15) is 5.11 Å². The monoisotopic (exact) mass is 290 g/mol. The Balaban J connectivity index is 2.20. The molecule has 1 atom stereocenters. The first-order chi connectivity index (χ1) is 9.63. The molecular formula is C17H19ClO2. The molecule has 2 rings (SSSR count). The summed E-state index contributed by atoms with van der Waals surface area (Å²) < 4.78 is 5.81. The van der Waals surface area contributed by atoms with Gasteiger partial charge in [0, 0.05) is 10.6 Å². The van der Waals surface area contributed by atoms with E-state index in [1.54, 1.807) is 18.2 Å². The van der Waals surface area contributed by atoms with Gasteiger partial charge < -0.3 is 9.84 Å². The Labute approximate surface area is 125 Å². The van der Waals surface area contributed by atoms with Crippen molar-refractivity contribution in [2.75, 3.05) is 0 Å². The van der Waals surface area contributed by atoms with Crippen molar-refractivity contribution in [1.82, 2.24) is 0 Å². The summed E-state index contributed by atoms with van der Waals surface area (Å²) in [4.78, 5) is 0. The fraction of sp³-hybridized carbons (Fsp3) is 0.294. The summed E-state index contributed by atoms with van der Waals surface area (Å²) in [5.41, 5.74) is 2.02. The molecule has 0 amide bonds. The van der Waals surface area contributed by atoms with E-state index in [1.165, 1.54) is 5.56 Å². The van der Waals surface area contributed by atoms with Gasteiger partial charge in [0.15, 0.2) is 0 Å². The van der Waals surface area contributed by atoms with Gasteiger partial charge in [-0.25, -0.2) is 0 Å². The molecule has 2 aromatic rings. The molecule has 0 bridgehead atoms.